The third kappa shape index (κ3) is 7.23. The molecule has 0 spiro atoms. The number of ether oxygens (including phenoxy) is 2. The van der Waals surface area contributed by atoms with Crippen molar-refractivity contribution in [3.05, 3.63) is 53.6 Å². The molecule has 1 aliphatic heterocycles. The maximum atomic E-state index is 13.0. The molecular weight excluding hydrogens is 412 g/mol. The van der Waals surface area contributed by atoms with E-state index in [0.29, 0.717) is 17.9 Å². The standard InChI is InChI=1S/C28H40N2O3/c1-28(2,3)23-12-10-21(11-13-23)22(9-8-18-30-16-6-7-17-30)19-27(31)29-24-14-15-25(32-4)26(20-24)33-5/h10-15,20,22H,6-9,16-19H2,1-5H3,(H,29,31). The van der Waals surface area contributed by atoms with E-state index in [1.54, 1.807) is 20.3 Å². The average Bonchev–Trinajstić information content (AvgIpc) is 3.31. The molecule has 1 unspecified atom stereocenters. The first kappa shape index (κ1) is 25.1. The van der Waals surface area contributed by atoms with Gasteiger partial charge in [-0.05, 0) is 79.9 Å². The molecule has 1 amide bonds. The smallest absolute Gasteiger partial charge is 0.224 e. The normalized spacial score (nSPS) is 15.3. The Kier molecular flexibility index (Phi) is 8.79. The van der Waals surface area contributed by atoms with Crippen LogP contribution in [0.15, 0.2) is 42.5 Å². The van der Waals surface area contributed by atoms with Gasteiger partial charge in [0.25, 0.3) is 0 Å². The molecule has 1 aliphatic rings. The van der Waals surface area contributed by atoms with Gasteiger partial charge in [0, 0.05) is 18.2 Å². The predicted octanol–water partition coefficient (Wildman–Crippen LogP) is 5.99. The minimum absolute atomic E-state index is 0.0216. The van der Waals surface area contributed by atoms with Crippen molar-refractivity contribution in [2.45, 2.75) is 64.2 Å². The number of likely N-dealkylation sites (tertiary alicyclic amines) is 1. The number of nitrogens with zero attached hydrogens (tertiary/aromatic N) is 1. The Balaban J connectivity index is 1.69. The quantitative estimate of drug-likeness (QED) is 0.481. The summed E-state index contributed by atoms with van der Waals surface area (Å²) in [6.07, 6.45) is 5.19. The second kappa shape index (κ2) is 11.6. The lowest BCUT2D eigenvalue weighted by Gasteiger charge is -2.22. The van der Waals surface area contributed by atoms with Gasteiger partial charge in [0.15, 0.2) is 11.5 Å². The monoisotopic (exact) mass is 452 g/mol. The Bertz CT molecular complexity index is 896. The van der Waals surface area contributed by atoms with Crippen LogP contribution in [0.4, 0.5) is 5.69 Å². The molecule has 1 N–H and O–H groups in total. The van der Waals surface area contributed by atoms with E-state index < -0.39 is 0 Å². The number of carbonyl (C=O) groups is 1. The fraction of sp³-hybridized carbons (Fsp3) is 0.536. The van der Waals surface area contributed by atoms with Crippen molar-refractivity contribution in [1.82, 2.24) is 4.90 Å². The second-order valence-corrected chi connectivity index (χ2v) is 10.1. The van der Waals surface area contributed by atoms with Gasteiger partial charge in [0.05, 0.1) is 14.2 Å². The van der Waals surface area contributed by atoms with Crippen LogP contribution in [-0.2, 0) is 10.2 Å². The number of anilines is 1. The number of rotatable bonds is 10. The van der Waals surface area contributed by atoms with Crippen LogP contribution < -0.4 is 14.8 Å². The Morgan fingerprint density at radius 2 is 1.67 bits per heavy atom. The minimum Gasteiger partial charge on any atom is -0.493 e. The summed E-state index contributed by atoms with van der Waals surface area (Å²) in [5.41, 5.74) is 3.40. The summed E-state index contributed by atoms with van der Waals surface area (Å²) >= 11 is 0. The predicted molar refractivity (Wildman–Crippen MR) is 136 cm³/mol. The van der Waals surface area contributed by atoms with Crippen molar-refractivity contribution in [3.63, 3.8) is 0 Å². The van der Waals surface area contributed by atoms with Gasteiger partial charge in [-0.2, -0.15) is 0 Å². The summed E-state index contributed by atoms with van der Waals surface area (Å²) in [6, 6.07) is 14.3. The van der Waals surface area contributed by atoms with Crippen LogP contribution >= 0.6 is 0 Å². The molecule has 0 saturated carbocycles. The van der Waals surface area contributed by atoms with E-state index in [9.17, 15) is 4.79 Å². The molecular formula is C28H40N2O3. The maximum absolute atomic E-state index is 13.0. The van der Waals surface area contributed by atoms with E-state index in [1.807, 2.05) is 12.1 Å². The Labute approximate surface area is 199 Å². The molecule has 0 radical (unpaired) electrons. The molecule has 1 heterocycles. The second-order valence-electron chi connectivity index (χ2n) is 10.1. The van der Waals surface area contributed by atoms with Crippen molar-refractivity contribution in [2.24, 2.45) is 0 Å². The summed E-state index contributed by atoms with van der Waals surface area (Å²) in [5.74, 6) is 1.47. The topological polar surface area (TPSA) is 50.8 Å². The summed E-state index contributed by atoms with van der Waals surface area (Å²) in [4.78, 5) is 15.5. The molecule has 3 rings (SSSR count). The first-order valence-corrected chi connectivity index (χ1v) is 12.1. The summed E-state index contributed by atoms with van der Waals surface area (Å²) in [5, 5.41) is 3.05. The largest absolute Gasteiger partial charge is 0.493 e. The number of nitrogens with one attached hydrogen (secondary N) is 1. The summed E-state index contributed by atoms with van der Waals surface area (Å²) < 4.78 is 10.7. The fourth-order valence-electron chi connectivity index (χ4n) is 4.56. The highest BCUT2D eigenvalue weighted by Gasteiger charge is 2.20. The number of amides is 1. The van der Waals surface area contributed by atoms with Crippen LogP contribution in [0.5, 0.6) is 11.5 Å². The van der Waals surface area contributed by atoms with Crippen molar-refractivity contribution >= 4 is 11.6 Å². The highest BCUT2D eigenvalue weighted by Crippen LogP contribution is 2.32. The molecule has 2 aromatic rings. The van der Waals surface area contributed by atoms with Crippen LogP contribution in [0.2, 0.25) is 0 Å². The van der Waals surface area contributed by atoms with Crippen LogP contribution in [0.3, 0.4) is 0 Å². The molecule has 1 fully saturated rings. The van der Waals surface area contributed by atoms with E-state index >= 15 is 0 Å². The van der Waals surface area contributed by atoms with Gasteiger partial charge in [-0.25, -0.2) is 0 Å². The maximum Gasteiger partial charge on any atom is 0.224 e. The molecule has 5 heteroatoms. The van der Waals surface area contributed by atoms with E-state index in [2.05, 4.69) is 55.3 Å². The zero-order valence-corrected chi connectivity index (χ0v) is 20.9. The lowest BCUT2D eigenvalue weighted by atomic mass is 9.84. The van der Waals surface area contributed by atoms with Gasteiger partial charge in [0.2, 0.25) is 5.91 Å². The summed E-state index contributed by atoms with van der Waals surface area (Å²) in [7, 11) is 3.20. The van der Waals surface area contributed by atoms with Crippen molar-refractivity contribution in [3.8, 4) is 11.5 Å². The van der Waals surface area contributed by atoms with E-state index in [0.717, 1.165) is 25.1 Å². The number of hydrogen-bond donors (Lipinski definition) is 1. The van der Waals surface area contributed by atoms with Crippen LogP contribution in [0.25, 0.3) is 0 Å². The van der Waals surface area contributed by atoms with E-state index in [-0.39, 0.29) is 17.2 Å². The Morgan fingerprint density at radius 1 is 1.00 bits per heavy atom. The van der Waals surface area contributed by atoms with Crippen LogP contribution in [0, 0.1) is 0 Å². The molecule has 1 saturated heterocycles. The van der Waals surface area contributed by atoms with E-state index in [1.165, 1.54) is 37.1 Å². The number of benzene rings is 2. The first-order chi connectivity index (χ1) is 15.8. The highest BCUT2D eigenvalue weighted by atomic mass is 16.5. The first-order valence-electron chi connectivity index (χ1n) is 12.1. The zero-order valence-electron chi connectivity index (χ0n) is 20.9. The molecule has 0 bridgehead atoms. The Hall–Kier alpha value is -2.53. The highest BCUT2D eigenvalue weighted by molar-refractivity contribution is 5.91. The summed E-state index contributed by atoms with van der Waals surface area (Å²) in [6.45, 7) is 10.2. The van der Waals surface area contributed by atoms with Crippen molar-refractivity contribution in [1.29, 1.82) is 0 Å². The number of hydrogen-bond acceptors (Lipinski definition) is 4. The van der Waals surface area contributed by atoms with Gasteiger partial charge < -0.3 is 19.7 Å². The molecule has 2 aromatic carbocycles. The van der Waals surface area contributed by atoms with Crippen molar-refractivity contribution < 1.29 is 14.3 Å². The van der Waals surface area contributed by atoms with Gasteiger partial charge >= 0.3 is 0 Å². The fourth-order valence-corrected chi connectivity index (χ4v) is 4.56. The van der Waals surface area contributed by atoms with Gasteiger partial charge in [-0.3, -0.25) is 4.79 Å². The van der Waals surface area contributed by atoms with Gasteiger partial charge in [-0.15, -0.1) is 0 Å². The third-order valence-corrected chi connectivity index (χ3v) is 6.57. The lowest BCUT2D eigenvalue weighted by Crippen LogP contribution is -2.22. The Morgan fingerprint density at radius 3 is 2.27 bits per heavy atom. The molecule has 1 atom stereocenters. The van der Waals surface area contributed by atoms with Gasteiger partial charge in [0.1, 0.15) is 0 Å². The van der Waals surface area contributed by atoms with Crippen LogP contribution in [-0.4, -0.2) is 44.7 Å². The number of carbonyl (C=O) groups excluding carboxylic acids is 1. The minimum atomic E-state index is 0.0216. The average molecular weight is 453 g/mol. The van der Waals surface area contributed by atoms with E-state index in [4.69, 9.17) is 9.47 Å². The molecule has 0 aromatic heterocycles. The molecule has 180 valence electrons. The van der Waals surface area contributed by atoms with Crippen LogP contribution in [0.1, 0.15) is 69.9 Å². The van der Waals surface area contributed by atoms with Gasteiger partial charge in [-0.1, -0.05) is 45.0 Å². The molecule has 5 nitrogen and oxygen atoms in total. The van der Waals surface area contributed by atoms with Crippen molar-refractivity contribution in [2.75, 3.05) is 39.2 Å². The third-order valence-electron chi connectivity index (χ3n) is 6.57. The molecule has 33 heavy (non-hydrogen) atoms. The SMILES string of the molecule is COc1ccc(NC(=O)CC(CCCN2CCCC2)c2ccc(C(C)(C)C)cc2)cc1OC. The zero-order chi connectivity index (χ0) is 23.8. The lowest BCUT2D eigenvalue weighted by molar-refractivity contribution is -0.116. The molecule has 0 aliphatic carbocycles. The number of methoxy groups -OCH3 is 2.